The highest BCUT2D eigenvalue weighted by molar-refractivity contribution is 6.43. The fourth-order valence-corrected chi connectivity index (χ4v) is 4.84. The lowest BCUT2D eigenvalue weighted by Gasteiger charge is -2.29. The SMILES string of the molecule is CC(C)C[C@H](NC(=O)C1(Cc2ccccc2)CC(CNC(=O)c2nn(C(C)C)c3ccccc23)=NO1)B(O)O. The van der Waals surface area contributed by atoms with E-state index in [1.807, 2.05) is 87.0 Å². The second-order valence-electron chi connectivity index (χ2n) is 10.8. The molecule has 0 bridgehead atoms. The molecule has 2 aromatic carbocycles. The third-order valence-corrected chi connectivity index (χ3v) is 6.76. The van der Waals surface area contributed by atoms with Gasteiger partial charge in [0.2, 0.25) is 5.60 Å². The summed E-state index contributed by atoms with van der Waals surface area (Å²) >= 11 is 0. The first kappa shape index (κ1) is 28.3. The number of carbonyl (C=O) groups excluding carboxylic acids is 2. The maximum atomic E-state index is 13.6. The van der Waals surface area contributed by atoms with Gasteiger partial charge in [-0.05, 0) is 37.8 Å². The van der Waals surface area contributed by atoms with Crippen LogP contribution in [0.3, 0.4) is 0 Å². The van der Waals surface area contributed by atoms with Crippen LogP contribution < -0.4 is 10.6 Å². The predicted molar refractivity (Wildman–Crippen MR) is 150 cm³/mol. The normalized spacial score (nSPS) is 17.7. The minimum atomic E-state index is -1.72. The average molecular weight is 533 g/mol. The van der Waals surface area contributed by atoms with E-state index in [1.54, 1.807) is 0 Å². The van der Waals surface area contributed by atoms with Crippen molar-refractivity contribution in [3.63, 3.8) is 0 Å². The molecule has 1 aromatic heterocycles. The zero-order valence-electron chi connectivity index (χ0n) is 22.8. The minimum Gasteiger partial charge on any atom is -0.426 e. The first-order valence-corrected chi connectivity index (χ1v) is 13.3. The largest absolute Gasteiger partial charge is 0.475 e. The van der Waals surface area contributed by atoms with Crippen molar-refractivity contribution < 1.29 is 24.5 Å². The van der Waals surface area contributed by atoms with Crippen molar-refractivity contribution in [2.45, 2.75) is 64.5 Å². The van der Waals surface area contributed by atoms with Gasteiger partial charge in [-0.3, -0.25) is 14.3 Å². The molecule has 1 unspecified atom stereocenters. The smallest absolute Gasteiger partial charge is 0.426 e. The Morgan fingerprint density at radius 1 is 1.08 bits per heavy atom. The van der Waals surface area contributed by atoms with Gasteiger partial charge >= 0.3 is 7.12 Å². The van der Waals surface area contributed by atoms with Gasteiger partial charge < -0.3 is 25.5 Å². The number of nitrogens with one attached hydrogen (secondary N) is 2. The predicted octanol–water partition coefficient (Wildman–Crippen LogP) is 2.65. The van der Waals surface area contributed by atoms with Crippen molar-refractivity contribution in [1.82, 2.24) is 20.4 Å². The van der Waals surface area contributed by atoms with E-state index in [-0.39, 0.29) is 37.3 Å². The fourth-order valence-electron chi connectivity index (χ4n) is 4.84. The van der Waals surface area contributed by atoms with Crippen molar-refractivity contribution >= 4 is 35.5 Å². The number of amides is 2. The van der Waals surface area contributed by atoms with Crippen LogP contribution >= 0.6 is 0 Å². The highest BCUT2D eigenvalue weighted by atomic mass is 16.7. The van der Waals surface area contributed by atoms with Gasteiger partial charge in [-0.2, -0.15) is 5.10 Å². The summed E-state index contributed by atoms with van der Waals surface area (Å²) in [6.45, 7) is 7.95. The van der Waals surface area contributed by atoms with Gasteiger partial charge in [0.05, 0.1) is 23.7 Å². The zero-order valence-corrected chi connectivity index (χ0v) is 22.8. The first-order chi connectivity index (χ1) is 18.6. The van der Waals surface area contributed by atoms with Gasteiger partial charge in [0.25, 0.3) is 11.8 Å². The van der Waals surface area contributed by atoms with Gasteiger partial charge in [0, 0.05) is 24.3 Å². The Bertz CT molecular complexity index is 1340. The number of carbonyl (C=O) groups is 2. The maximum Gasteiger partial charge on any atom is 0.475 e. The zero-order chi connectivity index (χ0) is 28.2. The number of hydrogen-bond donors (Lipinski definition) is 4. The van der Waals surface area contributed by atoms with E-state index in [9.17, 15) is 19.6 Å². The minimum absolute atomic E-state index is 0.0730. The van der Waals surface area contributed by atoms with E-state index in [4.69, 9.17) is 4.84 Å². The average Bonchev–Trinajstić information content (AvgIpc) is 3.50. The molecular formula is C28H36BN5O5. The lowest BCUT2D eigenvalue weighted by molar-refractivity contribution is -0.144. The maximum absolute atomic E-state index is 13.6. The van der Waals surface area contributed by atoms with E-state index in [0.717, 1.165) is 16.5 Å². The molecule has 10 nitrogen and oxygen atoms in total. The van der Waals surface area contributed by atoms with Crippen LogP contribution in [0.5, 0.6) is 0 Å². The number of benzene rings is 2. The van der Waals surface area contributed by atoms with E-state index in [0.29, 0.717) is 17.8 Å². The van der Waals surface area contributed by atoms with Gasteiger partial charge in [-0.25, -0.2) is 0 Å². The number of aromatic nitrogens is 2. The molecule has 39 heavy (non-hydrogen) atoms. The number of hydrogen-bond acceptors (Lipinski definition) is 7. The lowest BCUT2D eigenvalue weighted by Crippen LogP contribution is -2.56. The molecule has 11 heteroatoms. The second kappa shape index (κ2) is 12.0. The molecule has 0 spiro atoms. The molecule has 1 aliphatic heterocycles. The van der Waals surface area contributed by atoms with E-state index < -0.39 is 24.6 Å². The molecule has 2 heterocycles. The van der Waals surface area contributed by atoms with E-state index in [1.165, 1.54) is 0 Å². The standard InChI is InChI=1S/C28H36BN5O5/c1-18(2)14-24(29(37)38)31-27(36)28(15-20-10-6-5-7-11-20)16-21(33-39-28)17-30-26(35)25-22-12-8-9-13-23(22)34(32-25)19(3)4/h5-13,18-19,24,37-38H,14-17H2,1-4H3,(H,30,35)(H,31,36)/t24-,28?/m0/s1. The molecule has 4 rings (SSSR count). The molecule has 0 saturated carbocycles. The number of fused-ring (bicyclic) bond motifs is 1. The molecule has 206 valence electrons. The van der Waals surface area contributed by atoms with Crippen molar-refractivity contribution in [2.24, 2.45) is 11.1 Å². The van der Waals surface area contributed by atoms with Crippen LogP contribution in [0, 0.1) is 5.92 Å². The number of para-hydroxylation sites is 1. The summed E-state index contributed by atoms with van der Waals surface area (Å²) in [4.78, 5) is 32.5. The van der Waals surface area contributed by atoms with Crippen LogP contribution in [0.25, 0.3) is 10.9 Å². The molecule has 0 fully saturated rings. The van der Waals surface area contributed by atoms with Gasteiger partial charge in [-0.15, -0.1) is 0 Å². The molecule has 0 saturated heterocycles. The molecule has 3 aromatic rings. The Hall–Kier alpha value is -3.70. The van der Waals surface area contributed by atoms with Gasteiger partial charge in [-0.1, -0.05) is 67.5 Å². The summed E-state index contributed by atoms with van der Waals surface area (Å²) in [5.74, 6) is -1.57. The Morgan fingerprint density at radius 2 is 1.77 bits per heavy atom. The molecule has 2 atom stereocenters. The van der Waals surface area contributed by atoms with E-state index >= 15 is 0 Å². The van der Waals surface area contributed by atoms with Crippen LogP contribution in [0.15, 0.2) is 59.8 Å². The van der Waals surface area contributed by atoms with Crippen molar-refractivity contribution in [2.75, 3.05) is 6.54 Å². The summed E-state index contributed by atoms with van der Waals surface area (Å²) in [5.41, 5.74) is 1.16. The summed E-state index contributed by atoms with van der Waals surface area (Å²) in [5, 5.41) is 34.8. The van der Waals surface area contributed by atoms with Crippen molar-refractivity contribution in [3.05, 3.63) is 65.9 Å². The molecule has 0 radical (unpaired) electrons. The Balaban J connectivity index is 1.50. The molecular weight excluding hydrogens is 497 g/mol. The summed E-state index contributed by atoms with van der Waals surface area (Å²) in [7, 11) is -1.72. The quantitative estimate of drug-likeness (QED) is 0.280. The third kappa shape index (κ3) is 6.48. The lowest BCUT2D eigenvalue weighted by atomic mass is 9.74. The second-order valence-corrected chi connectivity index (χ2v) is 10.8. The molecule has 2 amide bonds. The van der Waals surface area contributed by atoms with Crippen molar-refractivity contribution in [3.8, 4) is 0 Å². The van der Waals surface area contributed by atoms with Crippen molar-refractivity contribution in [1.29, 1.82) is 0 Å². The van der Waals surface area contributed by atoms with Crippen LogP contribution in [0.4, 0.5) is 0 Å². The van der Waals surface area contributed by atoms with Crippen LogP contribution in [-0.4, -0.2) is 62.6 Å². The molecule has 1 aliphatic rings. The number of oxime groups is 1. The van der Waals surface area contributed by atoms with Crippen LogP contribution in [-0.2, 0) is 16.1 Å². The van der Waals surface area contributed by atoms with E-state index in [2.05, 4.69) is 20.9 Å². The molecule has 4 N–H and O–H groups in total. The van der Waals surface area contributed by atoms with Crippen LogP contribution in [0.2, 0.25) is 0 Å². The number of nitrogens with zero attached hydrogens (tertiary/aromatic N) is 3. The highest BCUT2D eigenvalue weighted by Crippen LogP contribution is 2.30. The van der Waals surface area contributed by atoms with Crippen LogP contribution in [0.1, 0.15) is 62.6 Å². The third-order valence-electron chi connectivity index (χ3n) is 6.76. The fraction of sp³-hybridized carbons (Fsp3) is 0.429. The highest BCUT2D eigenvalue weighted by Gasteiger charge is 2.48. The monoisotopic (exact) mass is 533 g/mol. The summed E-state index contributed by atoms with van der Waals surface area (Å²) in [6.07, 6.45) is 0.733. The van der Waals surface area contributed by atoms with Gasteiger partial charge in [0.1, 0.15) is 0 Å². The number of rotatable bonds is 11. The first-order valence-electron chi connectivity index (χ1n) is 13.3. The Kier molecular flexibility index (Phi) is 8.71. The Morgan fingerprint density at radius 3 is 2.44 bits per heavy atom. The summed E-state index contributed by atoms with van der Waals surface area (Å²) < 4.78 is 1.82. The summed E-state index contributed by atoms with van der Waals surface area (Å²) in [6, 6.07) is 17.1. The topological polar surface area (TPSA) is 138 Å². The molecule has 0 aliphatic carbocycles. The van der Waals surface area contributed by atoms with Gasteiger partial charge in [0.15, 0.2) is 5.69 Å². The Labute approximate surface area is 228 Å².